The van der Waals surface area contributed by atoms with Crippen molar-refractivity contribution < 1.29 is 28.5 Å². The van der Waals surface area contributed by atoms with Crippen molar-refractivity contribution in [1.82, 2.24) is 0 Å². The van der Waals surface area contributed by atoms with Crippen LogP contribution in [0.4, 0.5) is 0 Å². The van der Waals surface area contributed by atoms with Gasteiger partial charge in [0.2, 0.25) is 5.76 Å². The minimum Gasteiger partial charge on any atom is -0.493 e. The molecule has 0 saturated heterocycles. The lowest BCUT2D eigenvalue weighted by atomic mass is 10.3. The van der Waals surface area contributed by atoms with E-state index in [4.69, 9.17) is 21.1 Å². The third-order valence-corrected chi connectivity index (χ3v) is 2.42. The zero-order chi connectivity index (χ0) is 15.1. The molecule has 0 aromatic heterocycles. The highest BCUT2D eigenvalue weighted by Crippen LogP contribution is 2.31. The summed E-state index contributed by atoms with van der Waals surface area (Å²) in [5.41, 5.74) is 0. The number of hydrogen-bond donors (Lipinski definition) is 0. The van der Waals surface area contributed by atoms with Crippen LogP contribution in [0.3, 0.4) is 0 Å². The summed E-state index contributed by atoms with van der Waals surface area (Å²) in [6.45, 7) is 0. The van der Waals surface area contributed by atoms with E-state index in [-0.39, 0.29) is 11.5 Å². The van der Waals surface area contributed by atoms with E-state index in [1.807, 2.05) is 0 Å². The van der Waals surface area contributed by atoms with Gasteiger partial charge in [-0.1, -0.05) is 11.6 Å². The molecule has 0 saturated carbocycles. The molecule has 108 valence electrons. The SMILES string of the molecule is COC(=O)/C=C(\Oc1ccc(Cl)cc1OC)C(=O)OC. The smallest absolute Gasteiger partial charge is 0.374 e. The molecule has 0 atom stereocenters. The molecular formula is C13H13ClO6. The van der Waals surface area contributed by atoms with Crippen molar-refractivity contribution in [2.45, 2.75) is 0 Å². The summed E-state index contributed by atoms with van der Waals surface area (Å²) < 4.78 is 19.3. The molecule has 1 rings (SSSR count). The molecule has 1 aromatic carbocycles. The van der Waals surface area contributed by atoms with Gasteiger partial charge < -0.3 is 18.9 Å². The van der Waals surface area contributed by atoms with Gasteiger partial charge in [0.25, 0.3) is 0 Å². The van der Waals surface area contributed by atoms with E-state index in [1.54, 1.807) is 6.07 Å². The molecule has 0 spiro atoms. The van der Waals surface area contributed by atoms with Gasteiger partial charge in [0.15, 0.2) is 11.5 Å². The number of ether oxygens (including phenoxy) is 4. The molecule has 0 bridgehead atoms. The Labute approximate surface area is 120 Å². The van der Waals surface area contributed by atoms with E-state index >= 15 is 0 Å². The van der Waals surface area contributed by atoms with Crippen LogP contribution in [0.25, 0.3) is 0 Å². The largest absolute Gasteiger partial charge is 0.493 e. The Morgan fingerprint density at radius 3 is 2.35 bits per heavy atom. The summed E-state index contributed by atoms with van der Waals surface area (Å²) in [6.07, 6.45) is 0.875. The second kappa shape index (κ2) is 7.40. The van der Waals surface area contributed by atoms with E-state index in [2.05, 4.69) is 9.47 Å². The molecular weight excluding hydrogens is 288 g/mol. The fourth-order valence-electron chi connectivity index (χ4n) is 1.24. The molecule has 0 N–H and O–H groups in total. The number of carbonyl (C=O) groups is 2. The number of esters is 2. The van der Waals surface area contributed by atoms with Crippen LogP contribution in [-0.4, -0.2) is 33.3 Å². The van der Waals surface area contributed by atoms with Crippen LogP contribution in [0, 0.1) is 0 Å². The zero-order valence-electron chi connectivity index (χ0n) is 11.1. The monoisotopic (exact) mass is 300 g/mol. The Hall–Kier alpha value is -2.21. The first-order valence-corrected chi connectivity index (χ1v) is 5.79. The normalized spacial score (nSPS) is 10.7. The summed E-state index contributed by atoms with van der Waals surface area (Å²) >= 11 is 5.81. The molecule has 0 aliphatic carbocycles. The lowest BCUT2D eigenvalue weighted by Crippen LogP contribution is -2.13. The predicted molar refractivity (Wildman–Crippen MR) is 70.7 cm³/mol. The predicted octanol–water partition coefficient (Wildman–Crippen LogP) is 1.96. The van der Waals surface area contributed by atoms with Gasteiger partial charge in [-0.2, -0.15) is 0 Å². The summed E-state index contributed by atoms with van der Waals surface area (Å²) in [6, 6.07) is 4.55. The zero-order valence-corrected chi connectivity index (χ0v) is 11.9. The minimum absolute atomic E-state index is 0.206. The number of rotatable bonds is 5. The second-order valence-electron chi connectivity index (χ2n) is 3.42. The molecule has 0 aliphatic rings. The van der Waals surface area contributed by atoms with Gasteiger partial charge in [-0.05, 0) is 12.1 Å². The first kappa shape index (κ1) is 15.8. The van der Waals surface area contributed by atoms with Crippen LogP contribution in [0.15, 0.2) is 30.0 Å². The first-order chi connectivity index (χ1) is 9.51. The van der Waals surface area contributed by atoms with Crippen molar-refractivity contribution >= 4 is 23.5 Å². The van der Waals surface area contributed by atoms with Gasteiger partial charge in [0.1, 0.15) is 0 Å². The van der Waals surface area contributed by atoms with Gasteiger partial charge in [-0.15, -0.1) is 0 Å². The average Bonchev–Trinajstić information content (AvgIpc) is 2.46. The number of carbonyl (C=O) groups excluding carboxylic acids is 2. The topological polar surface area (TPSA) is 71.1 Å². The van der Waals surface area contributed by atoms with E-state index in [9.17, 15) is 9.59 Å². The summed E-state index contributed by atoms with van der Waals surface area (Å²) in [7, 11) is 3.76. The first-order valence-electron chi connectivity index (χ1n) is 5.41. The van der Waals surface area contributed by atoms with Crippen LogP contribution in [-0.2, 0) is 19.1 Å². The van der Waals surface area contributed by atoms with Gasteiger partial charge in [0.05, 0.1) is 27.4 Å². The summed E-state index contributed by atoms with van der Waals surface area (Å²) in [5, 5.41) is 0.436. The van der Waals surface area contributed by atoms with Crippen LogP contribution < -0.4 is 9.47 Å². The molecule has 0 aliphatic heterocycles. The van der Waals surface area contributed by atoms with Crippen molar-refractivity contribution in [3.05, 3.63) is 35.1 Å². The molecule has 1 aromatic rings. The van der Waals surface area contributed by atoms with Crippen molar-refractivity contribution in [2.24, 2.45) is 0 Å². The third-order valence-electron chi connectivity index (χ3n) is 2.18. The molecule has 0 heterocycles. The number of hydrogen-bond acceptors (Lipinski definition) is 6. The van der Waals surface area contributed by atoms with Crippen LogP contribution in [0.5, 0.6) is 11.5 Å². The second-order valence-corrected chi connectivity index (χ2v) is 3.86. The summed E-state index contributed by atoms with van der Waals surface area (Å²) in [5.74, 6) is -1.40. The van der Waals surface area contributed by atoms with Gasteiger partial charge >= 0.3 is 11.9 Å². The van der Waals surface area contributed by atoms with Crippen LogP contribution in [0.2, 0.25) is 5.02 Å². The Balaban J connectivity index is 3.10. The standard InChI is InChI=1S/C13H13ClO6/c1-17-10-6-8(14)4-5-9(10)20-11(13(16)19-3)7-12(15)18-2/h4-7H,1-3H3/b11-7-. The Kier molecular flexibility index (Phi) is 5.86. The van der Waals surface area contributed by atoms with Crippen molar-refractivity contribution in [3.63, 3.8) is 0 Å². The molecule has 0 fully saturated rings. The molecule has 7 heteroatoms. The molecule has 20 heavy (non-hydrogen) atoms. The number of benzene rings is 1. The maximum atomic E-state index is 11.5. The Bertz CT molecular complexity index is 538. The quantitative estimate of drug-likeness (QED) is 0.470. The minimum atomic E-state index is -0.826. The van der Waals surface area contributed by atoms with Crippen molar-refractivity contribution in [1.29, 1.82) is 0 Å². The number of methoxy groups -OCH3 is 3. The Morgan fingerprint density at radius 2 is 1.80 bits per heavy atom. The van der Waals surface area contributed by atoms with E-state index in [1.165, 1.54) is 26.4 Å². The van der Waals surface area contributed by atoms with Gasteiger partial charge in [-0.3, -0.25) is 0 Å². The highest BCUT2D eigenvalue weighted by Gasteiger charge is 2.17. The lowest BCUT2D eigenvalue weighted by molar-refractivity contribution is -0.140. The van der Waals surface area contributed by atoms with Crippen molar-refractivity contribution in [2.75, 3.05) is 21.3 Å². The molecule has 6 nitrogen and oxygen atoms in total. The maximum Gasteiger partial charge on any atom is 0.374 e. The Morgan fingerprint density at radius 1 is 1.10 bits per heavy atom. The van der Waals surface area contributed by atoms with Gasteiger partial charge in [-0.25, -0.2) is 9.59 Å². The van der Waals surface area contributed by atoms with E-state index in [0.29, 0.717) is 10.8 Å². The average molecular weight is 301 g/mol. The van der Waals surface area contributed by atoms with Crippen LogP contribution >= 0.6 is 11.6 Å². The lowest BCUT2D eigenvalue weighted by Gasteiger charge is -2.11. The fraction of sp³-hybridized carbons (Fsp3) is 0.231. The highest BCUT2D eigenvalue weighted by atomic mass is 35.5. The van der Waals surface area contributed by atoms with Crippen LogP contribution in [0.1, 0.15) is 0 Å². The third kappa shape index (κ3) is 4.17. The molecule has 0 amide bonds. The highest BCUT2D eigenvalue weighted by molar-refractivity contribution is 6.30. The van der Waals surface area contributed by atoms with Crippen molar-refractivity contribution in [3.8, 4) is 11.5 Å². The molecule has 0 radical (unpaired) electrons. The summed E-state index contributed by atoms with van der Waals surface area (Å²) in [4.78, 5) is 22.7. The van der Waals surface area contributed by atoms with E-state index < -0.39 is 11.9 Å². The van der Waals surface area contributed by atoms with E-state index in [0.717, 1.165) is 13.2 Å². The molecule has 0 unspecified atom stereocenters. The maximum absolute atomic E-state index is 11.5. The fourth-order valence-corrected chi connectivity index (χ4v) is 1.40. The number of halogens is 1. The van der Waals surface area contributed by atoms with Gasteiger partial charge in [0, 0.05) is 11.1 Å².